The number of methoxy groups -OCH3 is 1. The molecule has 2 heterocycles. The maximum atomic E-state index is 10.4. The highest BCUT2D eigenvalue weighted by Gasteiger charge is 2.18. The van der Waals surface area contributed by atoms with Crippen LogP contribution in [0.2, 0.25) is 0 Å². The molecule has 7 heteroatoms. The van der Waals surface area contributed by atoms with Gasteiger partial charge in [-0.2, -0.15) is 4.98 Å². The standard InChI is InChI=1S/C10H13N3O4/c1-16-9-6-5-17-3-2-7(6)12-10(13-9)11-4-8(14)15/h2-5H2,1H3,(H,14,15)(H,11,12,13). The minimum absolute atomic E-state index is 0.224. The van der Waals surface area contributed by atoms with Gasteiger partial charge in [0.2, 0.25) is 11.8 Å². The number of nitrogens with zero attached hydrogens (tertiary/aromatic N) is 2. The van der Waals surface area contributed by atoms with Gasteiger partial charge >= 0.3 is 5.97 Å². The van der Waals surface area contributed by atoms with Gasteiger partial charge < -0.3 is 19.9 Å². The number of hydrogen-bond acceptors (Lipinski definition) is 6. The van der Waals surface area contributed by atoms with E-state index >= 15 is 0 Å². The lowest BCUT2D eigenvalue weighted by Crippen LogP contribution is -2.19. The average Bonchev–Trinajstić information content (AvgIpc) is 2.35. The first-order chi connectivity index (χ1) is 8.20. The number of nitrogens with one attached hydrogen (secondary N) is 1. The van der Waals surface area contributed by atoms with Gasteiger partial charge in [-0.3, -0.25) is 4.79 Å². The van der Waals surface area contributed by atoms with E-state index in [4.69, 9.17) is 14.6 Å². The smallest absolute Gasteiger partial charge is 0.322 e. The van der Waals surface area contributed by atoms with E-state index in [0.717, 1.165) is 11.3 Å². The predicted octanol–water partition coefficient (Wildman–Crippen LogP) is 0.0544. The summed E-state index contributed by atoms with van der Waals surface area (Å²) in [6.45, 7) is 0.807. The third-order valence-corrected chi connectivity index (χ3v) is 2.38. The van der Waals surface area contributed by atoms with Gasteiger partial charge in [-0.25, -0.2) is 4.98 Å². The highest BCUT2D eigenvalue weighted by atomic mass is 16.5. The molecule has 0 saturated heterocycles. The SMILES string of the molecule is COc1nc(NCC(=O)O)nc2c1COCC2. The number of carboxylic acid groups (broad SMARTS) is 1. The molecule has 1 aliphatic heterocycles. The molecule has 1 aromatic rings. The Balaban J connectivity index is 2.26. The summed E-state index contributed by atoms with van der Waals surface area (Å²) in [6.07, 6.45) is 0.677. The van der Waals surface area contributed by atoms with Crippen LogP contribution >= 0.6 is 0 Å². The van der Waals surface area contributed by atoms with E-state index < -0.39 is 5.97 Å². The van der Waals surface area contributed by atoms with Gasteiger partial charge in [-0.1, -0.05) is 0 Å². The van der Waals surface area contributed by atoms with Crippen molar-refractivity contribution in [3.05, 3.63) is 11.3 Å². The molecular formula is C10H13N3O4. The minimum Gasteiger partial charge on any atom is -0.481 e. The number of hydrogen-bond donors (Lipinski definition) is 2. The molecule has 0 saturated carbocycles. The van der Waals surface area contributed by atoms with E-state index in [2.05, 4.69) is 15.3 Å². The maximum absolute atomic E-state index is 10.4. The molecule has 0 radical (unpaired) electrons. The molecule has 1 aliphatic rings. The van der Waals surface area contributed by atoms with Gasteiger partial charge in [0, 0.05) is 6.42 Å². The molecule has 0 aliphatic carbocycles. The van der Waals surface area contributed by atoms with Gasteiger partial charge in [-0.15, -0.1) is 0 Å². The lowest BCUT2D eigenvalue weighted by molar-refractivity contribution is -0.134. The lowest BCUT2D eigenvalue weighted by atomic mass is 10.1. The fourth-order valence-electron chi connectivity index (χ4n) is 1.60. The largest absolute Gasteiger partial charge is 0.481 e. The van der Waals surface area contributed by atoms with Gasteiger partial charge in [0.25, 0.3) is 0 Å². The van der Waals surface area contributed by atoms with Gasteiger partial charge in [0.1, 0.15) is 6.54 Å². The zero-order chi connectivity index (χ0) is 12.3. The van der Waals surface area contributed by atoms with Crippen LogP contribution < -0.4 is 10.1 Å². The molecule has 2 N–H and O–H groups in total. The molecule has 0 unspecified atom stereocenters. The normalized spacial score (nSPS) is 13.9. The number of carboxylic acids is 1. The van der Waals surface area contributed by atoms with Gasteiger partial charge in [-0.05, 0) is 0 Å². The van der Waals surface area contributed by atoms with E-state index in [-0.39, 0.29) is 12.5 Å². The molecule has 2 rings (SSSR count). The monoisotopic (exact) mass is 239 g/mol. The minimum atomic E-state index is -0.964. The van der Waals surface area contributed by atoms with Crippen LogP contribution in [0.25, 0.3) is 0 Å². The zero-order valence-corrected chi connectivity index (χ0v) is 9.39. The van der Waals surface area contributed by atoms with Crippen LogP contribution in [0.5, 0.6) is 5.88 Å². The van der Waals surface area contributed by atoms with Gasteiger partial charge in [0.05, 0.1) is 31.6 Å². The van der Waals surface area contributed by atoms with Crippen molar-refractivity contribution in [2.24, 2.45) is 0 Å². The van der Waals surface area contributed by atoms with Crippen LogP contribution in [0, 0.1) is 0 Å². The molecule has 17 heavy (non-hydrogen) atoms. The average molecular weight is 239 g/mol. The summed E-state index contributed by atoms with van der Waals surface area (Å²) in [5.41, 5.74) is 1.68. The van der Waals surface area contributed by atoms with Crippen molar-refractivity contribution < 1.29 is 19.4 Å². The Hall–Kier alpha value is -1.89. The van der Waals surface area contributed by atoms with E-state index in [9.17, 15) is 4.79 Å². The van der Waals surface area contributed by atoms with Crippen molar-refractivity contribution in [1.29, 1.82) is 0 Å². The predicted molar refractivity (Wildman–Crippen MR) is 58.1 cm³/mol. The lowest BCUT2D eigenvalue weighted by Gasteiger charge is -2.18. The summed E-state index contributed by atoms with van der Waals surface area (Å²) in [5.74, 6) is -0.263. The fraction of sp³-hybridized carbons (Fsp3) is 0.500. The first kappa shape index (κ1) is 11.6. The van der Waals surface area contributed by atoms with Crippen LogP contribution in [0.3, 0.4) is 0 Å². The Morgan fingerprint density at radius 3 is 3.12 bits per heavy atom. The molecule has 0 aromatic carbocycles. The van der Waals surface area contributed by atoms with Crippen molar-refractivity contribution in [2.45, 2.75) is 13.0 Å². The second-order valence-corrected chi connectivity index (χ2v) is 3.53. The molecule has 0 bridgehead atoms. The van der Waals surface area contributed by atoms with Crippen LogP contribution in [-0.2, 0) is 22.6 Å². The summed E-state index contributed by atoms with van der Waals surface area (Å²) in [5, 5.41) is 11.2. The summed E-state index contributed by atoms with van der Waals surface area (Å²) in [7, 11) is 1.51. The molecule has 0 atom stereocenters. The second kappa shape index (κ2) is 4.96. The molecule has 92 valence electrons. The number of aliphatic carboxylic acids is 1. The third kappa shape index (κ3) is 2.62. The Morgan fingerprint density at radius 2 is 2.41 bits per heavy atom. The molecular weight excluding hydrogens is 226 g/mol. The highest BCUT2D eigenvalue weighted by molar-refractivity contribution is 5.71. The summed E-state index contributed by atoms with van der Waals surface area (Å²) in [6, 6.07) is 0. The van der Waals surface area contributed by atoms with E-state index in [0.29, 0.717) is 25.5 Å². The maximum Gasteiger partial charge on any atom is 0.322 e. The molecule has 0 amide bonds. The summed E-state index contributed by atoms with van der Waals surface area (Å²) < 4.78 is 10.4. The first-order valence-electron chi connectivity index (χ1n) is 5.18. The molecule has 0 fully saturated rings. The van der Waals surface area contributed by atoms with Crippen LogP contribution in [0.15, 0.2) is 0 Å². The van der Waals surface area contributed by atoms with Crippen LogP contribution in [0.1, 0.15) is 11.3 Å². The summed E-state index contributed by atoms with van der Waals surface area (Å²) >= 11 is 0. The molecule has 7 nitrogen and oxygen atoms in total. The quantitative estimate of drug-likeness (QED) is 0.766. The van der Waals surface area contributed by atoms with E-state index in [1.165, 1.54) is 7.11 Å². The Bertz CT molecular complexity index is 419. The Kier molecular flexibility index (Phi) is 3.38. The Morgan fingerprint density at radius 1 is 1.59 bits per heavy atom. The van der Waals surface area contributed by atoms with E-state index in [1.54, 1.807) is 0 Å². The zero-order valence-electron chi connectivity index (χ0n) is 9.39. The van der Waals surface area contributed by atoms with E-state index in [1.807, 2.05) is 0 Å². The number of ether oxygens (including phenoxy) is 2. The van der Waals surface area contributed by atoms with Gasteiger partial charge in [0.15, 0.2) is 0 Å². The number of rotatable bonds is 4. The summed E-state index contributed by atoms with van der Waals surface area (Å²) in [4.78, 5) is 18.8. The van der Waals surface area contributed by atoms with Crippen LogP contribution in [0.4, 0.5) is 5.95 Å². The van der Waals surface area contributed by atoms with Crippen molar-refractivity contribution in [3.63, 3.8) is 0 Å². The number of aromatic nitrogens is 2. The van der Waals surface area contributed by atoms with Crippen molar-refractivity contribution in [2.75, 3.05) is 25.6 Å². The Labute approximate surface area is 97.8 Å². The van der Waals surface area contributed by atoms with Crippen molar-refractivity contribution in [1.82, 2.24) is 9.97 Å². The topological polar surface area (TPSA) is 93.6 Å². The fourth-order valence-corrected chi connectivity index (χ4v) is 1.60. The number of fused-ring (bicyclic) bond motifs is 1. The number of carbonyl (C=O) groups is 1. The number of anilines is 1. The van der Waals surface area contributed by atoms with Crippen molar-refractivity contribution >= 4 is 11.9 Å². The van der Waals surface area contributed by atoms with Crippen molar-refractivity contribution in [3.8, 4) is 5.88 Å². The third-order valence-electron chi connectivity index (χ3n) is 2.38. The highest BCUT2D eigenvalue weighted by Crippen LogP contribution is 2.24. The van der Waals surface area contributed by atoms with Crippen LogP contribution in [-0.4, -0.2) is 41.3 Å². The second-order valence-electron chi connectivity index (χ2n) is 3.53. The molecule has 0 spiro atoms. The first-order valence-corrected chi connectivity index (χ1v) is 5.18. The molecule has 1 aromatic heterocycles.